The first-order chi connectivity index (χ1) is 15.6. The average Bonchev–Trinajstić information content (AvgIpc) is 3.15. The fourth-order valence-electron chi connectivity index (χ4n) is 3.29. The molecule has 1 aliphatic heterocycles. The van der Waals surface area contributed by atoms with E-state index in [4.69, 9.17) is 21.1 Å². The first-order valence-electron chi connectivity index (χ1n) is 9.95. The summed E-state index contributed by atoms with van der Waals surface area (Å²) in [6.07, 6.45) is -4.72. The highest BCUT2D eigenvalue weighted by Crippen LogP contribution is 2.34. The van der Waals surface area contributed by atoms with E-state index in [9.17, 15) is 27.6 Å². The van der Waals surface area contributed by atoms with E-state index in [2.05, 4.69) is 5.32 Å². The number of carbonyl (C=O) groups excluding carboxylic acids is 3. The van der Waals surface area contributed by atoms with Crippen LogP contribution in [0.3, 0.4) is 0 Å². The molecule has 1 aliphatic rings. The molecule has 0 bridgehead atoms. The fourth-order valence-corrected chi connectivity index (χ4v) is 3.46. The van der Waals surface area contributed by atoms with Gasteiger partial charge in [0.1, 0.15) is 5.75 Å². The maximum absolute atomic E-state index is 12.9. The van der Waals surface area contributed by atoms with Gasteiger partial charge >= 0.3 is 12.1 Å². The minimum atomic E-state index is -4.61. The topological polar surface area (TPSA) is 84.9 Å². The van der Waals surface area contributed by atoms with Crippen LogP contribution in [0.4, 0.5) is 24.5 Å². The molecule has 2 amide bonds. The number of alkyl halides is 3. The Morgan fingerprint density at radius 3 is 2.64 bits per heavy atom. The number of carbonyl (C=O) groups is 3. The van der Waals surface area contributed by atoms with Crippen molar-refractivity contribution in [2.45, 2.75) is 19.5 Å². The third-order valence-corrected chi connectivity index (χ3v) is 5.16. The van der Waals surface area contributed by atoms with E-state index in [0.717, 1.165) is 12.1 Å². The third kappa shape index (κ3) is 5.95. The van der Waals surface area contributed by atoms with Gasteiger partial charge in [-0.3, -0.25) is 14.4 Å². The summed E-state index contributed by atoms with van der Waals surface area (Å²) in [6, 6.07) is 9.38. The summed E-state index contributed by atoms with van der Waals surface area (Å²) in [5.74, 6) is -2.25. The lowest BCUT2D eigenvalue weighted by molar-refractivity contribution is -0.151. The van der Waals surface area contributed by atoms with Gasteiger partial charge in [-0.25, -0.2) is 0 Å². The Bertz CT molecular complexity index is 1060. The maximum Gasteiger partial charge on any atom is 0.416 e. The van der Waals surface area contributed by atoms with Crippen LogP contribution in [0.5, 0.6) is 5.75 Å². The number of benzene rings is 2. The number of esters is 1. The highest BCUT2D eigenvalue weighted by Gasteiger charge is 2.37. The minimum absolute atomic E-state index is 0.0445. The molecule has 0 radical (unpaired) electrons. The van der Waals surface area contributed by atoms with Gasteiger partial charge in [0.05, 0.1) is 34.5 Å². The largest absolute Gasteiger partial charge is 0.492 e. The van der Waals surface area contributed by atoms with Crippen molar-refractivity contribution in [2.75, 3.05) is 30.0 Å². The van der Waals surface area contributed by atoms with E-state index < -0.39 is 36.1 Å². The summed E-state index contributed by atoms with van der Waals surface area (Å²) in [5.41, 5.74) is -0.727. The van der Waals surface area contributed by atoms with Gasteiger partial charge in [0.25, 0.3) is 5.91 Å². The predicted molar refractivity (Wildman–Crippen MR) is 114 cm³/mol. The summed E-state index contributed by atoms with van der Waals surface area (Å²) in [7, 11) is 0. The second-order valence-corrected chi connectivity index (χ2v) is 7.56. The third-order valence-electron chi connectivity index (χ3n) is 4.83. The number of nitrogens with zero attached hydrogens (tertiary/aromatic N) is 1. The van der Waals surface area contributed by atoms with Gasteiger partial charge in [-0.1, -0.05) is 23.7 Å². The number of hydrogen-bond acceptors (Lipinski definition) is 5. The molecule has 11 heteroatoms. The Kier molecular flexibility index (Phi) is 7.47. The lowest BCUT2D eigenvalue weighted by atomic mass is 10.1. The molecule has 2 aromatic rings. The lowest BCUT2D eigenvalue weighted by Crippen LogP contribution is -2.28. The van der Waals surface area contributed by atoms with Crippen molar-refractivity contribution in [3.63, 3.8) is 0 Å². The first kappa shape index (κ1) is 24.4. The number of anilines is 2. The van der Waals surface area contributed by atoms with Gasteiger partial charge in [-0.15, -0.1) is 0 Å². The summed E-state index contributed by atoms with van der Waals surface area (Å²) in [5, 5.41) is 2.09. The Labute approximate surface area is 192 Å². The van der Waals surface area contributed by atoms with Crippen LogP contribution in [0.15, 0.2) is 42.5 Å². The van der Waals surface area contributed by atoms with Crippen LogP contribution in [0.1, 0.15) is 18.9 Å². The Morgan fingerprint density at radius 1 is 1.21 bits per heavy atom. The quantitative estimate of drug-likeness (QED) is 0.593. The monoisotopic (exact) mass is 484 g/mol. The second-order valence-electron chi connectivity index (χ2n) is 7.15. The second kappa shape index (κ2) is 10.1. The van der Waals surface area contributed by atoms with Crippen LogP contribution in [-0.2, 0) is 25.3 Å². The molecule has 0 spiro atoms. The molecule has 2 aromatic carbocycles. The number of para-hydroxylation sites is 2. The molecule has 1 N–H and O–H groups in total. The standard InChI is InChI=1S/C22H20ClF3N2O5/c1-2-32-18-6-4-3-5-17(18)28-11-13(9-20(28)30)21(31)33-12-19(29)27-16-10-14(22(24,25)26)7-8-15(16)23/h3-8,10,13H,2,9,11-12H2,1H3,(H,27,29)/t13-/m1/s1. The molecule has 1 saturated heterocycles. The van der Waals surface area contributed by atoms with Gasteiger partial charge in [0.15, 0.2) is 6.61 Å². The SMILES string of the molecule is CCOc1ccccc1N1C[C@H](C(=O)OCC(=O)Nc2cc(C(F)(F)F)ccc2Cl)CC1=O. The Balaban J connectivity index is 1.59. The zero-order chi connectivity index (χ0) is 24.2. The molecular weight excluding hydrogens is 465 g/mol. The van der Waals surface area contributed by atoms with Gasteiger partial charge in [-0.2, -0.15) is 13.2 Å². The predicted octanol–water partition coefficient (Wildman–Crippen LogP) is 4.29. The summed E-state index contributed by atoms with van der Waals surface area (Å²) in [6.45, 7) is 1.50. The molecule has 1 heterocycles. The van der Waals surface area contributed by atoms with Gasteiger partial charge < -0.3 is 19.7 Å². The molecule has 1 fully saturated rings. The molecule has 0 aromatic heterocycles. The van der Waals surface area contributed by atoms with E-state index >= 15 is 0 Å². The van der Waals surface area contributed by atoms with E-state index in [1.54, 1.807) is 31.2 Å². The Morgan fingerprint density at radius 2 is 1.94 bits per heavy atom. The number of amides is 2. The first-order valence-corrected chi connectivity index (χ1v) is 10.3. The molecule has 176 valence electrons. The van der Waals surface area contributed by atoms with E-state index in [1.807, 2.05) is 0 Å². The highest BCUT2D eigenvalue weighted by atomic mass is 35.5. The van der Waals surface area contributed by atoms with Crippen molar-refractivity contribution in [3.05, 3.63) is 53.1 Å². The molecule has 3 rings (SSSR count). The number of ether oxygens (including phenoxy) is 2. The van der Waals surface area contributed by atoms with Gasteiger partial charge in [0.2, 0.25) is 5.91 Å². The minimum Gasteiger partial charge on any atom is -0.492 e. The van der Waals surface area contributed by atoms with Gasteiger partial charge in [-0.05, 0) is 37.3 Å². The summed E-state index contributed by atoms with van der Waals surface area (Å²) < 4.78 is 49.1. The smallest absolute Gasteiger partial charge is 0.416 e. The van der Waals surface area contributed by atoms with E-state index in [0.29, 0.717) is 24.1 Å². The van der Waals surface area contributed by atoms with Crippen LogP contribution in [0, 0.1) is 5.92 Å². The van der Waals surface area contributed by atoms with Crippen LogP contribution in [-0.4, -0.2) is 37.5 Å². The average molecular weight is 485 g/mol. The number of rotatable bonds is 7. The van der Waals surface area contributed by atoms with E-state index in [-0.39, 0.29) is 29.6 Å². The lowest BCUT2D eigenvalue weighted by Gasteiger charge is -2.20. The van der Waals surface area contributed by atoms with Crippen molar-refractivity contribution in [3.8, 4) is 5.75 Å². The molecule has 0 aliphatic carbocycles. The number of nitrogens with one attached hydrogen (secondary N) is 1. The molecule has 0 unspecified atom stereocenters. The van der Waals surface area contributed by atoms with Gasteiger partial charge in [0, 0.05) is 13.0 Å². The molecule has 33 heavy (non-hydrogen) atoms. The molecule has 7 nitrogen and oxygen atoms in total. The number of halogens is 4. The van der Waals surface area contributed by atoms with Crippen molar-refractivity contribution in [1.82, 2.24) is 0 Å². The van der Waals surface area contributed by atoms with Crippen molar-refractivity contribution in [2.24, 2.45) is 5.92 Å². The van der Waals surface area contributed by atoms with Crippen LogP contribution < -0.4 is 15.0 Å². The van der Waals surface area contributed by atoms with Crippen molar-refractivity contribution >= 4 is 40.8 Å². The van der Waals surface area contributed by atoms with Crippen LogP contribution in [0.25, 0.3) is 0 Å². The zero-order valence-electron chi connectivity index (χ0n) is 17.4. The van der Waals surface area contributed by atoms with Crippen LogP contribution >= 0.6 is 11.6 Å². The fraction of sp³-hybridized carbons (Fsp3) is 0.318. The van der Waals surface area contributed by atoms with E-state index in [1.165, 1.54) is 4.90 Å². The zero-order valence-corrected chi connectivity index (χ0v) is 18.2. The highest BCUT2D eigenvalue weighted by molar-refractivity contribution is 6.33. The number of hydrogen-bond donors (Lipinski definition) is 1. The summed E-state index contributed by atoms with van der Waals surface area (Å²) >= 11 is 5.84. The Hall–Kier alpha value is -3.27. The molecular formula is C22H20ClF3N2O5. The maximum atomic E-state index is 12.9. The molecule has 1 atom stereocenters. The van der Waals surface area contributed by atoms with Crippen molar-refractivity contribution in [1.29, 1.82) is 0 Å². The normalized spacial score (nSPS) is 16.0. The summed E-state index contributed by atoms with van der Waals surface area (Å²) in [4.78, 5) is 38.4. The molecule has 0 saturated carbocycles. The van der Waals surface area contributed by atoms with Crippen LogP contribution in [0.2, 0.25) is 5.02 Å². The van der Waals surface area contributed by atoms with Crippen molar-refractivity contribution < 1.29 is 37.0 Å².